The quantitative estimate of drug-likeness (QED) is 0.862. The first-order chi connectivity index (χ1) is 11.5. The maximum Gasteiger partial charge on any atom is 0.227 e. The van der Waals surface area contributed by atoms with Crippen molar-refractivity contribution in [3.8, 4) is 0 Å². The van der Waals surface area contributed by atoms with Crippen LogP contribution in [0.25, 0.3) is 0 Å². The fraction of sp³-hybridized carbons (Fsp3) is 0.579. The van der Waals surface area contributed by atoms with Crippen LogP contribution in [-0.2, 0) is 9.59 Å². The molecule has 0 spiro atoms. The minimum atomic E-state index is -0.0455. The molecule has 1 aromatic carbocycles. The van der Waals surface area contributed by atoms with E-state index < -0.39 is 0 Å². The first-order valence-corrected chi connectivity index (χ1v) is 9.19. The lowest BCUT2D eigenvalue weighted by Gasteiger charge is -2.33. The fourth-order valence-electron chi connectivity index (χ4n) is 3.17. The third-order valence-corrected chi connectivity index (χ3v) is 5.36. The Bertz CT molecular complexity index is 591. The van der Waals surface area contributed by atoms with Crippen LogP contribution >= 0.6 is 11.6 Å². The molecule has 0 saturated carbocycles. The van der Waals surface area contributed by atoms with E-state index in [0.717, 1.165) is 36.9 Å². The summed E-state index contributed by atoms with van der Waals surface area (Å²) < 4.78 is 0. The van der Waals surface area contributed by atoms with E-state index in [2.05, 4.69) is 19.2 Å². The molecule has 0 bridgehead atoms. The van der Waals surface area contributed by atoms with Crippen molar-refractivity contribution in [3.63, 3.8) is 0 Å². The second-order valence-corrected chi connectivity index (χ2v) is 6.97. The van der Waals surface area contributed by atoms with Gasteiger partial charge in [-0.05, 0) is 50.3 Å². The number of rotatable bonds is 5. The monoisotopic (exact) mass is 350 g/mol. The highest BCUT2D eigenvalue weighted by Gasteiger charge is 2.29. The molecule has 24 heavy (non-hydrogen) atoms. The largest absolute Gasteiger partial charge is 0.342 e. The molecule has 0 aliphatic carbocycles. The van der Waals surface area contributed by atoms with Crippen molar-refractivity contribution < 1.29 is 9.59 Å². The van der Waals surface area contributed by atoms with Crippen LogP contribution in [0.5, 0.6) is 0 Å². The van der Waals surface area contributed by atoms with Gasteiger partial charge in [-0.15, -0.1) is 0 Å². The summed E-state index contributed by atoms with van der Waals surface area (Å²) in [5.41, 5.74) is 1.72. The van der Waals surface area contributed by atoms with E-state index in [9.17, 15) is 9.59 Å². The highest BCUT2D eigenvalue weighted by atomic mass is 35.5. The Morgan fingerprint density at radius 2 is 1.88 bits per heavy atom. The number of anilines is 1. The highest BCUT2D eigenvalue weighted by molar-refractivity contribution is 6.31. The molecule has 0 aromatic heterocycles. The molecule has 0 atom stereocenters. The van der Waals surface area contributed by atoms with Crippen LogP contribution in [0.1, 0.15) is 45.1 Å². The summed E-state index contributed by atoms with van der Waals surface area (Å²) in [4.78, 5) is 26.8. The van der Waals surface area contributed by atoms with Crippen LogP contribution < -0.4 is 5.32 Å². The number of hydrogen-bond acceptors (Lipinski definition) is 2. The topological polar surface area (TPSA) is 49.4 Å². The number of aryl methyl sites for hydroxylation is 1. The second kappa shape index (κ2) is 8.52. The molecule has 0 radical (unpaired) electrons. The molecule has 1 N–H and O–H groups in total. The van der Waals surface area contributed by atoms with Crippen molar-refractivity contribution in [1.29, 1.82) is 0 Å². The Kier molecular flexibility index (Phi) is 6.67. The van der Waals surface area contributed by atoms with Gasteiger partial charge in [0.25, 0.3) is 0 Å². The fourth-order valence-corrected chi connectivity index (χ4v) is 3.35. The van der Waals surface area contributed by atoms with Crippen molar-refractivity contribution >= 4 is 29.1 Å². The first kappa shape index (κ1) is 18.8. The number of nitrogens with zero attached hydrogens (tertiary/aromatic N) is 1. The predicted molar refractivity (Wildman–Crippen MR) is 98.2 cm³/mol. The third kappa shape index (κ3) is 4.50. The normalized spacial score (nSPS) is 15.6. The van der Waals surface area contributed by atoms with E-state index in [1.807, 2.05) is 24.0 Å². The molecule has 1 aliphatic rings. The zero-order chi connectivity index (χ0) is 17.7. The molecule has 1 aromatic rings. The minimum Gasteiger partial charge on any atom is -0.342 e. The molecule has 132 valence electrons. The van der Waals surface area contributed by atoms with Gasteiger partial charge in [-0.2, -0.15) is 0 Å². The maximum absolute atomic E-state index is 12.4. The molecular weight excluding hydrogens is 324 g/mol. The Hall–Kier alpha value is -1.55. The number of benzene rings is 1. The summed E-state index contributed by atoms with van der Waals surface area (Å²) in [6, 6.07) is 5.54. The predicted octanol–water partition coefficient (Wildman–Crippen LogP) is 4.26. The van der Waals surface area contributed by atoms with Crippen LogP contribution in [0.2, 0.25) is 5.02 Å². The summed E-state index contributed by atoms with van der Waals surface area (Å²) >= 11 is 6.10. The molecule has 1 aliphatic heterocycles. The summed E-state index contributed by atoms with van der Waals surface area (Å²) in [5, 5.41) is 3.59. The Balaban J connectivity index is 1.88. The minimum absolute atomic E-state index is 0.0181. The smallest absolute Gasteiger partial charge is 0.227 e. The van der Waals surface area contributed by atoms with Gasteiger partial charge < -0.3 is 10.2 Å². The Morgan fingerprint density at radius 1 is 1.25 bits per heavy atom. The number of nitrogens with one attached hydrogen (secondary N) is 1. The molecule has 5 heteroatoms. The second-order valence-electron chi connectivity index (χ2n) is 6.57. The van der Waals surface area contributed by atoms with Crippen LogP contribution in [0.3, 0.4) is 0 Å². The van der Waals surface area contributed by atoms with Gasteiger partial charge in [0.1, 0.15) is 0 Å². The van der Waals surface area contributed by atoms with Crippen LogP contribution in [0.15, 0.2) is 18.2 Å². The number of piperidine rings is 1. The van der Waals surface area contributed by atoms with Gasteiger partial charge in [-0.25, -0.2) is 0 Å². The molecule has 1 saturated heterocycles. The summed E-state index contributed by atoms with van der Waals surface area (Å²) in [5.74, 6) is 0.328. The van der Waals surface area contributed by atoms with Gasteiger partial charge in [-0.3, -0.25) is 9.59 Å². The lowest BCUT2D eigenvalue weighted by atomic mass is 9.93. The van der Waals surface area contributed by atoms with Crippen molar-refractivity contribution in [1.82, 2.24) is 4.90 Å². The zero-order valence-electron chi connectivity index (χ0n) is 14.8. The number of hydrogen-bond donors (Lipinski definition) is 1. The summed E-state index contributed by atoms with van der Waals surface area (Å²) in [6.07, 6.45) is 3.20. The lowest BCUT2D eigenvalue weighted by Crippen LogP contribution is -2.43. The van der Waals surface area contributed by atoms with Crippen LogP contribution in [0.4, 0.5) is 5.69 Å². The highest BCUT2D eigenvalue weighted by Crippen LogP contribution is 2.24. The molecule has 4 nitrogen and oxygen atoms in total. The average molecular weight is 351 g/mol. The van der Waals surface area contributed by atoms with Gasteiger partial charge in [0.05, 0.1) is 0 Å². The molecule has 1 heterocycles. The Labute approximate surface area is 149 Å². The third-order valence-electron chi connectivity index (χ3n) is 4.95. The van der Waals surface area contributed by atoms with E-state index in [0.29, 0.717) is 18.1 Å². The van der Waals surface area contributed by atoms with Crippen LogP contribution in [-0.4, -0.2) is 29.8 Å². The van der Waals surface area contributed by atoms with Crippen LogP contribution in [0, 0.1) is 18.8 Å². The Morgan fingerprint density at radius 3 is 2.42 bits per heavy atom. The molecular formula is C19H27ClN2O2. The lowest BCUT2D eigenvalue weighted by molar-refractivity contribution is -0.138. The van der Waals surface area contributed by atoms with Crippen molar-refractivity contribution in [2.24, 2.45) is 11.8 Å². The van der Waals surface area contributed by atoms with Gasteiger partial charge in [-0.1, -0.05) is 31.5 Å². The first-order valence-electron chi connectivity index (χ1n) is 8.82. The van der Waals surface area contributed by atoms with E-state index in [-0.39, 0.29) is 23.7 Å². The molecule has 2 amide bonds. The van der Waals surface area contributed by atoms with Crippen molar-refractivity contribution in [3.05, 3.63) is 28.8 Å². The number of carbonyl (C=O) groups excluding carboxylic acids is 2. The van der Waals surface area contributed by atoms with Crippen molar-refractivity contribution in [2.45, 2.75) is 46.5 Å². The number of halogens is 1. The van der Waals surface area contributed by atoms with Crippen molar-refractivity contribution in [2.75, 3.05) is 18.4 Å². The van der Waals surface area contributed by atoms with E-state index >= 15 is 0 Å². The number of carbonyl (C=O) groups is 2. The van der Waals surface area contributed by atoms with Gasteiger partial charge in [0, 0.05) is 35.6 Å². The SMILES string of the molecule is CCC(CC)C(=O)N1CCC(C(=O)Nc2ccc(C)c(Cl)c2)CC1. The van der Waals surface area contributed by atoms with E-state index in [1.54, 1.807) is 6.07 Å². The number of likely N-dealkylation sites (tertiary alicyclic amines) is 1. The molecule has 2 rings (SSSR count). The van der Waals surface area contributed by atoms with Gasteiger partial charge in [0.2, 0.25) is 11.8 Å². The number of amides is 2. The average Bonchev–Trinajstić information content (AvgIpc) is 2.59. The summed E-state index contributed by atoms with van der Waals surface area (Å²) in [7, 11) is 0. The summed E-state index contributed by atoms with van der Waals surface area (Å²) in [6.45, 7) is 7.38. The molecule has 1 fully saturated rings. The van der Waals surface area contributed by atoms with Gasteiger partial charge in [0.15, 0.2) is 0 Å². The zero-order valence-corrected chi connectivity index (χ0v) is 15.5. The maximum atomic E-state index is 12.4. The standard InChI is InChI=1S/C19H27ClN2O2/c1-4-14(5-2)19(24)22-10-8-15(9-11-22)18(23)21-16-7-6-13(3)17(20)12-16/h6-7,12,14-15H,4-5,8-11H2,1-3H3,(H,21,23). The van der Waals surface area contributed by atoms with E-state index in [4.69, 9.17) is 11.6 Å². The van der Waals surface area contributed by atoms with E-state index in [1.165, 1.54) is 0 Å². The van der Waals surface area contributed by atoms with Gasteiger partial charge >= 0.3 is 0 Å². The molecule has 0 unspecified atom stereocenters.